The van der Waals surface area contributed by atoms with Gasteiger partial charge in [-0.2, -0.15) is 0 Å². The van der Waals surface area contributed by atoms with Crippen molar-refractivity contribution in [1.82, 2.24) is 5.32 Å². The fourth-order valence-electron chi connectivity index (χ4n) is 1.08. The van der Waals surface area contributed by atoms with E-state index in [2.05, 4.69) is 5.32 Å². The van der Waals surface area contributed by atoms with E-state index in [4.69, 9.17) is 11.6 Å². The summed E-state index contributed by atoms with van der Waals surface area (Å²) >= 11 is 5.88. The van der Waals surface area contributed by atoms with Crippen LogP contribution in [0.25, 0.3) is 6.08 Å². The highest BCUT2D eigenvalue weighted by atomic mass is 35.5. The Morgan fingerprint density at radius 3 is 3.00 bits per heavy atom. The summed E-state index contributed by atoms with van der Waals surface area (Å²) in [5.74, 6) is -0.261. The lowest BCUT2D eigenvalue weighted by molar-refractivity contribution is 0.627. The van der Waals surface area contributed by atoms with Gasteiger partial charge in [0.2, 0.25) is 0 Å². The molecule has 3 heteroatoms. The van der Waals surface area contributed by atoms with Gasteiger partial charge in [0.1, 0.15) is 5.82 Å². The van der Waals surface area contributed by atoms with Gasteiger partial charge < -0.3 is 5.32 Å². The number of nitrogens with one attached hydrogen (secondary N) is 1. The lowest BCUT2D eigenvalue weighted by Gasteiger charge is -1.98. The maximum Gasteiger partial charge on any atom is 0.123 e. The average molecular weight is 214 g/mol. The third-order valence-electron chi connectivity index (χ3n) is 1.82. The SMILES string of the molecule is CNCCC=Cc1cc(F)ccc1Cl. The smallest absolute Gasteiger partial charge is 0.123 e. The quantitative estimate of drug-likeness (QED) is 0.758. The van der Waals surface area contributed by atoms with E-state index in [-0.39, 0.29) is 5.82 Å². The minimum absolute atomic E-state index is 0.261. The number of halogens is 2. The number of rotatable bonds is 4. The van der Waals surface area contributed by atoms with Crippen molar-refractivity contribution in [1.29, 1.82) is 0 Å². The molecule has 0 fully saturated rings. The summed E-state index contributed by atoms with van der Waals surface area (Å²) in [6.07, 6.45) is 4.71. The molecule has 76 valence electrons. The van der Waals surface area contributed by atoms with E-state index in [0.717, 1.165) is 18.5 Å². The van der Waals surface area contributed by atoms with Crippen molar-refractivity contribution in [2.75, 3.05) is 13.6 Å². The van der Waals surface area contributed by atoms with Crippen LogP contribution in [0.2, 0.25) is 5.02 Å². The third-order valence-corrected chi connectivity index (χ3v) is 2.16. The molecule has 0 aliphatic carbocycles. The Kier molecular flexibility index (Phi) is 4.63. The highest BCUT2D eigenvalue weighted by Gasteiger charge is 1.97. The van der Waals surface area contributed by atoms with Gasteiger partial charge in [0.15, 0.2) is 0 Å². The summed E-state index contributed by atoms with van der Waals surface area (Å²) in [6, 6.07) is 4.35. The van der Waals surface area contributed by atoms with Crippen LogP contribution in [0.3, 0.4) is 0 Å². The summed E-state index contributed by atoms with van der Waals surface area (Å²) in [6.45, 7) is 0.906. The van der Waals surface area contributed by atoms with Gasteiger partial charge in [0, 0.05) is 5.02 Å². The lowest BCUT2D eigenvalue weighted by Crippen LogP contribution is -2.05. The van der Waals surface area contributed by atoms with Crippen molar-refractivity contribution < 1.29 is 4.39 Å². The molecule has 1 aromatic carbocycles. The Morgan fingerprint density at radius 1 is 1.50 bits per heavy atom. The van der Waals surface area contributed by atoms with E-state index in [1.165, 1.54) is 12.1 Å². The molecule has 0 saturated heterocycles. The highest BCUT2D eigenvalue weighted by molar-refractivity contribution is 6.32. The van der Waals surface area contributed by atoms with Crippen LogP contribution in [0.15, 0.2) is 24.3 Å². The van der Waals surface area contributed by atoms with Crippen LogP contribution >= 0.6 is 11.6 Å². The average Bonchev–Trinajstić information content (AvgIpc) is 2.18. The molecule has 0 unspecified atom stereocenters. The number of benzene rings is 1. The van der Waals surface area contributed by atoms with Gasteiger partial charge in [0.05, 0.1) is 0 Å². The zero-order valence-electron chi connectivity index (χ0n) is 8.06. The summed E-state index contributed by atoms with van der Waals surface area (Å²) in [5.41, 5.74) is 0.725. The van der Waals surface area contributed by atoms with E-state index < -0.39 is 0 Å². The third kappa shape index (κ3) is 3.48. The van der Waals surface area contributed by atoms with Gasteiger partial charge in [-0.25, -0.2) is 4.39 Å². The van der Waals surface area contributed by atoms with Crippen molar-refractivity contribution >= 4 is 17.7 Å². The van der Waals surface area contributed by atoms with Crippen LogP contribution < -0.4 is 5.32 Å². The summed E-state index contributed by atoms with van der Waals surface area (Å²) in [7, 11) is 1.89. The second kappa shape index (κ2) is 5.78. The summed E-state index contributed by atoms with van der Waals surface area (Å²) in [4.78, 5) is 0. The molecular weight excluding hydrogens is 201 g/mol. The Balaban J connectivity index is 2.65. The van der Waals surface area contributed by atoms with Gasteiger partial charge in [-0.3, -0.25) is 0 Å². The zero-order valence-corrected chi connectivity index (χ0v) is 8.81. The maximum absolute atomic E-state index is 12.8. The van der Waals surface area contributed by atoms with Crippen molar-refractivity contribution in [3.05, 3.63) is 40.7 Å². The highest BCUT2D eigenvalue weighted by Crippen LogP contribution is 2.18. The first-order valence-electron chi connectivity index (χ1n) is 4.50. The van der Waals surface area contributed by atoms with Crippen LogP contribution in [0.1, 0.15) is 12.0 Å². The van der Waals surface area contributed by atoms with Gasteiger partial charge in [-0.05, 0) is 43.8 Å². The Hall–Kier alpha value is -0.860. The lowest BCUT2D eigenvalue weighted by atomic mass is 10.2. The van der Waals surface area contributed by atoms with Crippen molar-refractivity contribution in [3.63, 3.8) is 0 Å². The monoisotopic (exact) mass is 213 g/mol. The molecule has 14 heavy (non-hydrogen) atoms. The van der Waals surface area contributed by atoms with Crippen LogP contribution in [0.5, 0.6) is 0 Å². The van der Waals surface area contributed by atoms with E-state index in [0.29, 0.717) is 5.02 Å². The maximum atomic E-state index is 12.8. The molecule has 0 aliphatic heterocycles. The molecule has 0 radical (unpaired) electrons. The summed E-state index contributed by atoms with van der Waals surface area (Å²) in [5, 5.41) is 3.60. The first-order valence-corrected chi connectivity index (χ1v) is 4.88. The van der Waals surface area contributed by atoms with E-state index in [1.54, 1.807) is 6.07 Å². The second-order valence-electron chi connectivity index (χ2n) is 2.96. The minimum Gasteiger partial charge on any atom is -0.319 e. The molecule has 0 saturated carbocycles. The molecule has 0 heterocycles. The minimum atomic E-state index is -0.261. The molecular formula is C11H13ClFN. The fourth-order valence-corrected chi connectivity index (χ4v) is 1.26. The molecule has 0 atom stereocenters. The molecule has 1 aromatic rings. The van der Waals surface area contributed by atoms with Gasteiger partial charge in [0.25, 0.3) is 0 Å². The van der Waals surface area contributed by atoms with E-state index >= 15 is 0 Å². The largest absolute Gasteiger partial charge is 0.319 e. The van der Waals surface area contributed by atoms with Crippen molar-refractivity contribution in [3.8, 4) is 0 Å². The topological polar surface area (TPSA) is 12.0 Å². The molecule has 0 aromatic heterocycles. The molecule has 1 nitrogen and oxygen atoms in total. The predicted octanol–water partition coefficient (Wildman–Crippen LogP) is 3.10. The molecule has 0 aliphatic rings. The summed E-state index contributed by atoms with van der Waals surface area (Å²) < 4.78 is 12.8. The van der Waals surface area contributed by atoms with Crippen LogP contribution in [0.4, 0.5) is 4.39 Å². The predicted molar refractivity (Wildman–Crippen MR) is 59.0 cm³/mol. The Bertz CT molecular complexity index is 323. The van der Waals surface area contributed by atoms with E-state index in [1.807, 2.05) is 19.2 Å². The zero-order chi connectivity index (χ0) is 10.4. The molecule has 0 bridgehead atoms. The van der Waals surface area contributed by atoms with Gasteiger partial charge in [-0.1, -0.05) is 23.8 Å². The molecule has 1 rings (SSSR count). The standard InChI is InChI=1S/C11H13ClFN/c1-14-7-3-2-4-9-8-10(13)5-6-11(9)12/h2,4-6,8,14H,3,7H2,1H3. The van der Waals surface area contributed by atoms with Crippen molar-refractivity contribution in [2.24, 2.45) is 0 Å². The fraction of sp³-hybridized carbons (Fsp3) is 0.273. The number of hydrogen-bond acceptors (Lipinski definition) is 1. The van der Waals surface area contributed by atoms with Gasteiger partial charge in [-0.15, -0.1) is 0 Å². The van der Waals surface area contributed by atoms with Gasteiger partial charge >= 0.3 is 0 Å². The second-order valence-corrected chi connectivity index (χ2v) is 3.37. The van der Waals surface area contributed by atoms with Crippen LogP contribution in [-0.2, 0) is 0 Å². The van der Waals surface area contributed by atoms with Crippen LogP contribution in [-0.4, -0.2) is 13.6 Å². The first-order chi connectivity index (χ1) is 6.74. The van der Waals surface area contributed by atoms with Crippen LogP contribution in [0, 0.1) is 5.82 Å². The van der Waals surface area contributed by atoms with E-state index in [9.17, 15) is 4.39 Å². The normalized spacial score (nSPS) is 11.1. The molecule has 1 N–H and O–H groups in total. The molecule has 0 amide bonds. The van der Waals surface area contributed by atoms with Crippen molar-refractivity contribution in [2.45, 2.75) is 6.42 Å². The first kappa shape index (κ1) is 11.2. The Labute approximate surface area is 88.6 Å². The number of hydrogen-bond donors (Lipinski definition) is 1. The Morgan fingerprint density at radius 2 is 2.29 bits per heavy atom. The molecule has 0 spiro atoms.